The van der Waals surface area contributed by atoms with Crippen LogP contribution in [0.5, 0.6) is 5.75 Å². The Morgan fingerprint density at radius 2 is 1.77 bits per heavy atom. The van der Waals surface area contributed by atoms with Gasteiger partial charge in [-0.25, -0.2) is 8.42 Å². The van der Waals surface area contributed by atoms with E-state index < -0.39 is 9.84 Å². The SMILES string of the molecule is CC[C@@H](NC(=O)COc1cccc(C)c1C)c1ccc(S(C)(=O)=O)cc1. The lowest BCUT2D eigenvalue weighted by molar-refractivity contribution is -0.123. The number of carbonyl (C=O) groups excluding carboxylic acids is 1. The first-order chi connectivity index (χ1) is 12.2. The van der Waals surface area contributed by atoms with Gasteiger partial charge in [0.25, 0.3) is 5.91 Å². The van der Waals surface area contributed by atoms with Crippen molar-refractivity contribution in [1.29, 1.82) is 0 Å². The predicted molar refractivity (Wildman–Crippen MR) is 102 cm³/mol. The molecule has 0 radical (unpaired) electrons. The summed E-state index contributed by atoms with van der Waals surface area (Å²) in [5.41, 5.74) is 2.99. The van der Waals surface area contributed by atoms with Crippen LogP contribution in [0.2, 0.25) is 0 Å². The van der Waals surface area contributed by atoms with Crippen LogP contribution in [0.3, 0.4) is 0 Å². The Kier molecular flexibility index (Phi) is 6.42. The van der Waals surface area contributed by atoms with Crippen molar-refractivity contribution in [3.05, 3.63) is 59.2 Å². The molecule has 2 rings (SSSR count). The van der Waals surface area contributed by atoms with Crippen LogP contribution in [-0.2, 0) is 14.6 Å². The van der Waals surface area contributed by atoms with Crippen LogP contribution < -0.4 is 10.1 Å². The molecule has 0 aromatic heterocycles. The van der Waals surface area contributed by atoms with E-state index in [1.165, 1.54) is 6.26 Å². The number of hydrogen-bond donors (Lipinski definition) is 1. The Hall–Kier alpha value is -2.34. The van der Waals surface area contributed by atoms with Crippen LogP contribution in [0.4, 0.5) is 0 Å². The van der Waals surface area contributed by atoms with Gasteiger partial charge in [0.15, 0.2) is 16.4 Å². The molecule has 0 spiro atoms. The second-order valence-electron chi connectivity index (χ2n) is 6.36. The van der Waals surface area contributed by atoms with Gasteiger partial charge in [0.2, 0.25) is 0 Å². The molecule has 140 valence electrons. The van der Waals surface area contributed by atoms with Gasteiger partial charge in [0, 0.05) is 6.26 Å². The van der Waals surface area contributed by atoms with Crippen LogP contribution in [0.25, 0.3) is 0 Å². The molecule has 0 aliphatic heterocycles. The number of rotatable bonds is 7. The Labute approximate surface area is 155 Å². The molecule has 2 aromatic carbocycles. The van der Waals surface area contributed by atoms with E-state index in [9.17, 15) is 13.2 Å². The molecule has 0 fully saturated rings. The van der Waals surface area contributed by atoms with Gasteiger partial charge in [-0.15, -0.1) is 0 Å². The minimum absolute atomic E-state index is 0.0672. The molecule has 2 aromatic rings. The van der Waals surface area contributed by atoms with Crippen LogP contribution in [0.15, 0.2) is 47.4 Å². The lowest BCUT2D eigenvalue weighted by atomic mass is 10.0. The standard InChI is InChI=1S/C20H25NO4S/c1-5-18(16-9-11-17(12-10-16)26(4,23)24)21-20(22)13-25-19-8-6-7-14(2)15(19)3/h6-12,18H,5,13H2,1-4H3,(H,21,22)/t18-/m1/s1. The van der Waals surface area contributed by atoms with E-state index in [0.717, 1.165) is 16.7 Å². The van der Waals surface area contributed by atoms with Gasteiger partial charge < -0.3 is 10.1 Å². The summed E-state index contributed by atoms with van der Waals surface area (Å²) in [5, 5.41) is 2.93. The zero-order valence-corrected chi connectivity index (χ0v) is 16.4. The largest absolute Gasteiger partial charge is 0.483 e. The summed E-state index contributed by atoms with van der Waals surface area (Å²) >= 11 is 0. The maximum absolute atomic E-state index is 12.2. The molecule has 0 heterocycles. The highest BCUT2D eigenvalue weighted by atomic mass is 32.2. The third kappa shape index (κ3) is 5.08. The van der Waals surface area contributed by atoms with Crippen molar-refractivity contribution in [2.75, 3.05) is 12.9 Å². The van der Waals surface area contributed by atoms with Crippen molar-refractivity contribution >= 4 is 15.7 Å². The van der Waals surface area contributed by atoms with Gasteiger partial charge in [-0.05, 0) is 55.2 Å². The summed E-state index contributed by atoms with van der Waals surface area (Å²) in [6.07, 6.45) is 1.86. The molecular weight excluding hydrogens is 350 g/mol. The summed E-state index contributed by atoms with van der Waals surface area (Å²) in [6.45, 7) is 5.85. The van der Waals surface area contributed by atoms with Crippen molar-refractivity contribution in [3.63, 3.8) is 0 Å². The third-order valence-corrected chi connectivity index (χ3v) is 5.50. The van der Waals surface area contributed by atoms with Crippen molar-refractivity contribution < 1.29 is 17.9 Å². The highest BCUT2D eigenvalue weighted by Gasteiger charge is 2.15. The maximum Gasteiger partial charge on any atom is 0.258 e. The normalized spacial score (nSPS) is 12.5. The Balaban J connectivity index is 2.00. The van der Waals surface area contributed by atoms with E-state index in [1.807, 2.05) is 39.0 Å². The quantitative estimate of drug-likeness (QED) is 0.805. The molecule has 0 bridgehead atoms. The first kappa shape index (κ1) is 20.0. The van der Waals surface area contributed by atoms with E-state index in [1.54, 1.807) is 24.3 Å². The van der Waals surface area contributed by atoms with Gasteiger partial charge >= 0.3 is 0 Å². The van der Waals surface area contributed by atoms with Crippen LogP contribution in [0, 0.1) is 13.8 Å². The van der Waals surface area contributed by atoms with Crippen LogP contribution in [0.1, 0.15) is 36.1 Å². The zero-order chi connectivity index (χ0) is 19.3. The molecule has 1 atom stereocenters. The molecule has 5 nitrogen and oxygen atoms in total. The topological polar surface area (TPSA) is 72.5 Å². The first-order valence-corrected chi connectivity index (χ1v) is 10.4. The van der Waals surface area contributed by atoms with Crippen molar-refractivity contribution in [1.82, 2.24) is 5.32 Å². The molecule has 6 heteroatoms. The highest BCUT2D eigenvalue weighted by Crippen LogP contribution is 2.21. The van der Waals surface area contributed by atoms with Gasteiger partial charge in [-0.3, -0.25) is 4.79 Å². The monoisotopic (exact) mass is 375 g/mol. The van der Waals surface area contributed by atoms with Crippen molar-refractivity contribution in [2.24, 2.45) is 0 Å². The second-order valence-corrected chi connectivity index (χ2v) is 8.37. The number of benzene rings is 2. The van der Waals surface area contributed by atoms with E-state index in [2.05, 4.69) is 5.32 Å². The summed E-state index contributed by atoms with van der Waals surface area (Å²) in [4.78, 5) is 12.5. The Morgan fingerprint density at radius 3 is 2.35 bits per heavy atom. The first-order valence-electron chi connectivity index (χ1n) is 8.50. The number of hydrogen-bond acceptors (Lipinski definition) is 4. The maximum atomic E-state index is 12.2. The Morgan fingerprint density at radius 1 is 1.12 bits per heavy atom. The molecular formula is C20H25NO4S. The average molecular weight is 375 g/mol. The van der Waals surface area contributed by atoms with Crippen LogP contribution >= 0.6 is 0 Å². The smallest absolute Gasteiger partial charge is 0.258 e. The molecule has 0 saturated heterocycles. The van der Waals surface area contributed by atoms with Crippen molar-refractivity contribution in [3.8, 4) is 5.75 Å². The molecule has 1 N–H and O–H groups in total. The minimum Gasteiger partial charge on any atom is -0.483 e. The molecule has 0 unspecified atom stereocenters. The molecule has 1 amide bonds. The van der Waals surface area contributed by atoms with Gasteiger partial charge in [-0.1, -0.05) is 31.2 Å². The number of aryl methyl sites for hydroxylation is 1. The number of sulfone groups is 1. The predicted octanol–water partition coefficient (Wildman–Crippen LogP) is 3.35. The van der Waals surface area contributed by atoms with E-state index in [0.29, 0.717) is 12.2 Å². The lowest BCUT2D eigenvalue weighted by Crippen LogP contribution is -2.32. The summed E-state index contributed by atoms with van der Waals surface area (Å²) in [6, 6.07) is 12.1. The highest BCUT2D eigenvalue weighted by molar-refractivity contribution is 7.90. The molecule has 0 aliphatic carbocycles. The van der Waals surface area contributed by atoms with Gasteiger partial charge in [0.1, 0.15) is 5.75 Å². The Bertz CT molecular complexity index is 873. The lowest BCUT2D eigenvalue weighted by Gasteiger charge is -2.18. The number of carbonyl (C=O) groups is 1. The summed E-state index contributed by atoms with van der Waals surface area (Å²) < 4.78 is 28.7. The fourth-order valence-electron chi connectivity index (χ4n) is 2.63. The zero-order valence-electron chi connectivity index (χ0n) is 15.6. The summed E-state index contributed by atoms with van der Waals surface area (Å²) in [5.74, 6) is 0.482. The third-order valence-electron chi connectivity index (χ3n) is 4.37. The molecule has 0 aliphatic rings. The number of ether oxygens (including phenoxy) is 1. The van der Waals surface area contributed by atoms with Crippen molar-refractivity contribution in [2.45, 2.75) is 38.1 Å². The van der Waals surface area contributed by atoms with Gasteiger partial charge in [-0.2, -0.15) is 0 Å². The fourth-order valence-corrected chi connectivity index (χ4v) is 3.26. The fraction of sp³-hybridized carbons (Fsp3) is 0.350. The van der Waals surface area contributed by atoms with E-state index in [-0.39, 0.29) is 23.5 Å². The molecule has 26 heavy (non-hydrogen) atoms. The summed E-state index contributed by atoms with van der Waals surface area (Å²) in [7, 11) is -3.23. The van der Waals surface area contributed by atoms with E-state index >= 15 is 0 Å². The van der Waals surface area contributed by atoms with Gasteiger partial charge in [0.05, 0.1) is 10.9 Å². The van der Waals surface area contributed by atoms with E-state index in [4.69, 9.17) is 4.74 Å². The minimum atomic E-state index is -3.23. The second kappa shape index (κ2) is 8.36. The number of amides is 1. The number of nitrogens with one attached hydrogen (secondary N) is 1. The average Bonchev–Trinajstić information content (AvgIpc) is 2.60. The molecule has 0 saturated carbocycles. The van der Waals surface area contributed by atoms with Crippen LogP contribution in [-0.4, -0.2) is 27.2 Å².